The lowest BCUT2D eigenvalue weighted by atomic mass is 9.81. The molecule has 1 heterocycles. The van der Waals surface area contributed by atoms with Crippen molar-refractivity contribution in [3.8, 4) is 0 Å². The fraction of sp³-hybridized carbons (Fsp3) is 0.900. The zero-order chi connectivity index (χ0) is 10.0. The number of carbonyl (C=O) groups is 1. The SMILES string of the molecule is O=C(O)CC1CCCCC12OCCO2. The highest BCUT2D eigenvalue weighted by Gasteiger charge is 2.46. The van der Waals surface area contributed by atoms with Gasteiger partial charge in [-0.2, -0.15) is 0 Å². The number of aliphatic carboxylic acids is 1. The monoisotopic (exact) mass is 200 g/mol. The second-order valence-electron chi connectivity index (χ2n) is 4.05. The molecule has 0 aromatic rings. The van der Waals surface area contributed by atoms with E-state index in [-0.39, 0.29) is 12.3 Å². The minimum Gasteiger partial charge on any atom is -0.481 e. The molecule has 1 N–H and O–H groups in total. The van der Waals surface area contributed by atoms with E-state index in [1.807, 2.05) is 0 Å². The Morgan fingerprint density at radius 1 is 1.36 bits per heavy atom. The molecule has 1 aliphatic heterocycles. The predicted molar refractivity (Wildman–Crippen MR) is 48.8 cm³/mol. The third kappa shape index (κ3) is 1.77. The lowest BCUT2D eigenvalue weighted by Gasteiger charge is -2.38. The molecule has 4 heteroatoms. The summed E-state index contributed by atoms with van der Waals surface area (Å²) in [5.74, 6) is -1.27. The third-order valence-corrected chi connectivity index (χ3v) is 3.15. The van der Waals surface area contributed by atoms with E-state index in [0.29, 0.717) is 13.2 Å². The predicted octanol–water partition coefficient (Wildman–Crippen LogP) is 1.39. The molecule has 2 aliphatic rings. The normalized spacial score (nSPS) is 30.7. The number of carboxylic acid groups (broad SMARTS) is 1. The van der Waals surface area contributed by atoms with E-state index in [2.05, 4.69) is 0 Å². The molecule has 2 fully saturated rings. The molecule has 80 valence electrons. The topological polar surface area (TPSA) is 55.8 Å². The summed E-state index contributed by atoms with van der Waals surface area (Å²) >= 11 is 0. The van der Waals surface area contributed by atoms with Gasteiger partial charge in [0.25, 0.3) is 0 Å². The summed E-state index contributed by atoms with van der Waals surface area (Å²) in [6, 6.07) is 0. The molecule has 1 saturated heterocycles. The average Bonchev–Trinajstić information content (AvgIpc) is 2.58. The first-order valence-electron chi connectivity index (χ1n) is 5.23. The molecule has 0 radical (unpaired) electrons. The summed E-state index contributed by atoms with van der Waals surface area (Å²) in [4.78, 5) is 10.7. The Bertz CT molecular complexity index is 220. The van der Waals surface area contributed by atoms with Crippen LogP contribution in [-0.4, -0.2) is 30.1 Å². The van der Waals surface area contributed by atoms with Crippen LogP contribution >= 0.6 is 0 Å². The molecular weight excluding hydrogens is 184 g/mol. The van der Waals surface area contributed by atoms with Crippen LogP contribution < -0.4 is 0 Å². The quantitative estimate of drug-likeness (QED) is 0.732. The Hall–Kier alpha value is -0.610. The molecule has 1 unspecified atom stereocenters. The number of rotatable bonds is 2. The number of ether oxygens (including phenoxy) is 2. The fourth-order valence-electron chi connectivity index (χ4n) is 2.51. The van der Waals surface area contributed by atoms with Gasteiger partial charge in [-0.3, -0.25) is 4.79 Å². The Morgan fingerprint density at radius 3 is 2.71 bits per heavy atom. The van der Waals surface area contributed by atoms with Gasteiger partial charge in [0.2, 0.25) is 0 Å². The van der Waals surface area contributed by atoms with Crippen LogP contribution in [0.3, 0.4) is 0 Å². The number of hydrogen-bond donors (Lipinski definition) is 1. The Morgan fingerprint density at radius 2 is 2.07 bits per heavy atom. The van der Waals surface area contributed by atoms with Gasteiger partial charge < -0.3 is 14.6 Å². The first-order valence-corrected chi connectivity index (χ1v) is 5.23. The van der Waals surface area contributed by atoms with Gasteiger partial charge in [-0.15, -0.1) is 0 Å². The van der Waals surface area contributed by atoms with Crippen LogP contribution in [0.25, 0.3) is 0 Å². The van der Waals surface area contributed by atoms with E-state index in [9.17, 15) is 4.79 Å². The second kappa shape index (κ2) is 3.87. The molecule has 1 aliphatic carbocycles. The highest BCUT2D eigenvalue weighted by atomic mass is 16.7. The third-order valence-electron chi connectivity index (χ3n) is 3.15. The van der Waals surface area contributed by atoms with Crippen molar-refractivity contribution in [3.05, 3.63) is 0 Å². The fourth-order valence-corrected chi connectivity index (χ4v) is 2.51. The van der Waals surface area contributed by atoms with Crippen LogP contribution in [0.15, 0.2) is 0 Å². The molecule has 0 amide bonds. The molecule has 0 aromatic carbocycles. The highest BCUT2D eigenvalue weighted by Crippen LogP contribution is 2.41. The van der Waals surface area contributed by atoms with E-state index < -0.39 is 11.8 Å². The van der Waals surface area contributed by atoms with Crippen LogP contribution in [0.4, 0.5) is 0 Å². The van der Waals surface area contributed by atoms with Gasteiger partial charge in [0.15, 0.2) is 5.79 Å². The molecular formula is C10H16O4. The molecule has 0 bridgehead atoms. The summed E-state index contributed by atoms with van der Waals surface area (Å²) in [5.41, 5.74) is 0. The first-order chi connectivity index (χ1) is 6.73. The van der Waals surface area contributed by atoms with Crippen molar-refractivity contribution in [3.63, 3.8) is 0 Å². The molecule has 14 heavy (non-hydrogen) atoms. The summed E-state index contributed by atoms with van der Waals surface area (Å²) in [5, 5.41) is 8.80. The molecule has 1 spiro atoms. The minimum absolute atomic E-state index is 0.0382. The van der Waals surface area contributed by atoms with E-state index in [0.717, 1.165) is 25.7 Å². The van der Waals surface area contributed by atoms with Gasteiger partial charge in [-0.1, -0.05) is 6.42 Å². The summed E-state index contributed by atoms with van der Waals surface area (Å²) in [7, 11) is 0. The molecule has 1 saturated carbocycles. The molecule has 0 aromatic heterocycles. The zero-order valence-electron chi connectivity index (χ0n) is 8.20. The van der Waals surface area contributed by atoms with Gasteiger partial charge in [0.1, 0.15) is 0 Å². The number of hydrogen-bond acceptors (Lipinski definition) is 3. The standard InChI is InChI=1S/C10H16O4/c11-9(12)7-8-3-1-2-4-10(8)13-5-6-14-10/h8H,1-7H2,(H,11,12). The van der Waals surface area contributed by atoms with Crippen molar-refractivity contribution in [1.29, 1.82) is 0 Å². The lowest BCUT2D eigenvalue weighted by Crippen LogP contribution is -2.42. The highest BCUT2D eigenvalue weighted by molar-refractivity contribution is 5.67. The first kappa shape index (κ1) is 9.93. The maximum absolute atomic E-state index is 10.7. The minimum atomic E-state index is -0.754. The van der Waals surface area contributed by atoms with Gasteiger partial charge in [-0.05, 0) is 12.8 Å². The van der Waals surface area contributed by atoms with Crippen molar-refractivity contribution in [2.24, 2.45) is 5.92 Å². The average molecular weight is 200 g/mol. The van der Waals surface area contributed by atoms with Gasteiger partial charge in [0.05, 0.1) is 19.6 Å². The van der Waals surface area contributed by atoms with Crippen LogP contribution in [0.5, 0.6) is 0 Å². The van der Waals surface area contributed by atoms with Crippen molar-refractivity contribution < 1.29 is 19.4 Å². The molecule has 2 rings (SSSR count). The smallest absolute Gasteiger partial charge is 0.303 e. The number of carboxylic acids is 1. The molecule has 1 atom stereocenters. The lowest BCUT2D eigenvalue weighted by molar-refractivity contribution is -0.215. The van der Waals surface area contributed by atoms with E-state index >= 15 is 0 Å². The Balaban J connectivity index is 2.06. The Kier molecular flexibility index (Phi) is 2.74. The van der Waals surface area contributed by atoms with Crippen LogP contribution in [-0.2, 0) is 14.3 Å². The van der Waals surface area contributed by atoms with Crippen molar-refractivity contribution in [2.45, 2.75) is 37.9 Å². The van der Waals surface area contributed by atoms with E-state index in [4.69, 9.17) is 14.6 Å². The van der Waals surface area contributed by atoms with E-state index in [1.54, 1.807) is 0 Å². The summed E-state index contributed by atoms with van der Waals surface area (Å²) < 4.78 is 11.2. The van der Waals surface area contributed by atoms with Gasteiger partial charge in [-0.25, -0.2) is 0 Å². The van der Waals surface area contributed by atoms with Crippen molar-refractivity contribution in [2.75, 3.05) is 13.2 Å². The zero-order valence-corrected chi connectivity index (χ0v) is 8.20. The summed E-state index contributed by atoms with van der Waals surface area (Å²) in [6.45, 7) is 1.21. The molecule has 4 nitrogen and oxygen atoms in total. The van der Waals surface area contributed by atoms with Crippen molar-refractivity contribution in [1.82, 2.24) is 0 Å². The van der Waals surface area contributed by atoms with E-state index in [1.165, 1.54) is 0 Å². The van der Waals surface area contributed by atoms with Crippen LogP contribution in [0.2, 0.25) is 0 Å². The van der Waals surface area contributed by atoms with Gasteiger partial charge >= 0.3 is 5.97 Å². The maximum atomic E-state index is 10.7. The van der Waals surface area contributed by atoms with Crippen LogP contribution in [0, 0.1) is 5.92 Å². The van der Waals surface area contributed by atoms with Gasteiger partial charge in [0, 0.05) is 12.3 Å². The largest absolute Gasteiger partial charge is 0.481 e. The second-order valence-corrected chi connectivity index (χ2v) is 4.05. The summed E-state index contributed by atoms with van der Waals surface area (Å²) in [6.07, 6.45) is 4.10. The maximum Gasteiger partial charge on any atom is 0.303 e. The van der Waals surface area contributed by atoms with Crippen molar-refractivity contribution >= 4 is 5.97 Å². The van der Waals surface area contributed by atoms with Crippen LogP contribution in [0.1, 0.15) is 32.1 Å². The Labute approximate surface area is 83.2 Å².